The van der Waals surface area contributed by atoms with Crippen LogP contribution in [0.3, 0.4) is 0 Å². The van der Waals surface area contributed by atoms with E-state index in [4.69, 9.17) is 10.5 Å². The van der Waals surface area contributed by atoms with Gasteiger partial charge in [-0.2, -0.15) is 0 Å². The minimum atomic E-state index is -0.629. The molecule has 0 aliphatic heterocycles. The predicted molar refractivity (Wildman–Crippen MR) is 178 cm³/mol. The van der Waals surface area contributed by atoms with Crippen molar-refractivity contribution in [1.82, 2.24) is 20.1 Å². The van der Waals surface area contributed by atoms with Crippen LogP contribution in [0.1, 0.15) is 65.9 Å². The summed E-state index contributed by atoms with van der Waals surface area (Å²) in [4.78, 5) is 21.2. The molecule has 0 saturated carbocycles. The van der Waals surface area contributed by atoms with E-state index in [1.54, 1.807) is 36.5 Å². The number of hydrogen-bond acceptors (Lipinski definition) is 7. The fourth-order valence-corrected chi connectivity index (χ4v) is 4.54. The Morgan fingerprint density at radius 1 is 0.932 bits per heavy atom. The number of carbonyl (C=O) groups is 1. The zero-order valence-corrected chi connectivity index (χ0v) is 26.6. The van der Waals surface area contributed by atoms with E-state index >= 15 is 0 Å². The lowest BCUT2D eigenvalue weighted by Gasteiger charge is -2.22. The number of aromatic nitrogens is 1. The minimum absolute atomic E-state index is 0.190. The highest BCUT2D eigenvalue weighted by Crippen LogP contribution is 2.18. The van der Waals surface area contributed by atoms with Crippen molar-refractivity contribution in [2.75, 3.05) is 58.2 Å². The van der Waals surface area contributed by atoms with Crippen LogP contribution in [-0.4, -0.2) is 84.3 Å². The normalized spacial score (nSPS) is 11.4. The van der Waals surface area contributed by atoms with Crippen molar-refractivity contribution >= 4 is 11.7 Å². The van der Waals surface area contributed by atoms with Crippen molar-refractivity contribution in [2.24, 2.45) is 0 Å². The number of ether oxygens (including phenoxy) is 1. The average Bonchev–Trinajstić information content (AvgIpc) is 3.04. The summed E-state index contributed by atoms with van der Waals surface area (Å²) in [6.07, 6.45) is 0.993. The fourth-order valence-electron chi connectivity index (χ4n) is 4.54. The van der Waals surface area contributed by atoms with Gasteiger partial charge in [-0.25, -0.2) is 4.98 Å². The van der Waals surface area contributed by atoms with Gasteiger partial charge in [0.05, 0.1) is 11.7 Å². The number of likely N-dealkylation sites (N-methyl/N-ethyl adjacent to an activating group) is 2. The van der Waals surface area contributed by atoms with Gasteiger partial charge in [-0.05, 0) is 87.2 Å². The number of anilines is 1. The monoisotopic (exact) mass is 595 g/mol. The molecule has 8 heteroatoms. The molecular weight excluding hydrogens is 550 g/mol. The maximum atomic E-state index is 12.6. The lowest BCUT2D eigenvalue weighted by molar-refractivity contribution is 0.0869. The Morgan fingerprint density at radius 2 is 1.61 bits per heavy atom. The Morgan fingerprint density at radius 3 is 2.27 bits per heavy atom. The number of nitrogen functional groups attached to an aromatic ring is 1. The molecule has 0 saturated heterocycles. The number of nitrogens with one attached hydrogen (secondary N) is 1. The van der Waals surface area contributed by atoms with Crippen molar-refractivity contribution in [2.45, 2.75) is 40.7 Å². The van der Waals surface area contributed by atoms with E-state index < -0.39 is 6.10 Å². The Kier molecular flexibility index (Phi) is 13.7. The Hall–Kier alpha value is -4.34. The summed E-state index contributed by atoms with van der Waals surface area (Å²) in [6.45, 7) is 16.4. The van der Waals surface area contributed by atoms with E-state index in [-0.39, 0.29) is 12.5 Å². The zero-order chi connectivity index (χ0) is 31.9. The lowest BCUT2D eigenvalue weighted by Crippen LogP contribution is -2.40. The first kappa shape index (κ1) is 34.2. The summed E-state index contributed by atoms with van der Waals surface area (Å²) < 4.78 is 5.94. The summed E-state index contributed by atoms with van der Waals surface area (Å²) in [7, 11) is 0. The van der Waals surface area contributed by atoms with Crippen LogP contribution in [0.4, 0.5) is 5.82 Å². The van der Waals surface area contributed by atoms with Gasteiger partial charge >= 0.3 is 0 Å². The van der Waals surface area contributed by atoms with Crippen LogP contribution in [-0.2, 0) is 0 Å². The summed E-state index contributed by atoms with van der Waals surface area (Å²) in [5, 5.41) is 13.0. The number of nitrogens with zero attached hydrogens (tertiary/aromatic N) is 3. The van der Waals surface area contributed by atoms with E-state index in [1.807, 2.05) is 39.0 Å². The Bertz CT molecular complexity index is 1490. The second-order valence-corrected chi connectivity index (χ2v) is 10.4. The van der Waals surface area contributed by atoms with Gasteiger partial charge in [0.2, 0.25) is 0 Å². The molecule has 0 aliphatic carbocycles. The molecule has 1 atom stereocenters. The standard InChI is InChI=1S/C36H45N5O3/c1-6-40(7-2)22-23-44-33-18-17-29(27(5)24-33)15-16-30-20-21-38-35(37)34(30)19-12-28-10-13-31(14-11-28)36(43)39-25-32(42)26-41(8-3)9-4/h10-11,13-14,17-18,20-21,24,32,42H,6-9,22-23,25-26H2,1-5H3,(H2,37,38)(H,39,43). The third kappa shape index (κ3) is 10.4. The number of amides is 1. The highest BCUT2D eigenvalue weighted by Gasteiger charge is 2.12. The number of rotatable bonds is 13. The first-order valence-corrected chi connectivity index (χ1v) is 15.3. The Balaban J connectivity index is 1.67. The van der Waals surface area contributed by atoms with E-state index in [0.717, 1.165) is 55.2 Å². The molecule has 3 rings (SSSR count). The number of hydrogen-bond donors (Lipinski definition) is 3. The topological polar surface area (TPSA) is 104 Å². The molecule has 0 fully saturated rings. The molecule has 0 bridgehead atoms. The number of nitrogens with two attached hydrogens (primary N) is 1. The lowest BCUT2D eigenvalue weighted by atomic mass is 10.1. The van der Waals surface area contributed by atoms with Gasteiger partial charge in [0.1, 0.15) is 18.2 Å². The second-order valence-electron chi connectivity index (χ2n) is 10.4. The number of aliphatic hydroxyl groups excluding tert-OH is 1. The van der Waals surface area contributed by atoms with Crippen LogP contribution in [0.5, 0.6) is 5.75 Å². The molecule has 44 heavy (non-hydrogen) atoms. The van der Waals surface area contributed by atoms with Crippen molar-refractivity contribution in [3.63, 3.8) is 0 Å². The summed E-state index contributed by atoms with van der Waals surface area (Å²) in [5.41, 5.74) is 10.6. The molecule has 3 aromatic rings. The van der Waals surface area contributed by atoms with Crippen molar-refractivity contribution in [3.8, 4) is 29.4 Å². The van der Waals surface area contributed by atoms with Crippen LogP contribution in [0.15, 0.2) is 54.7 Å². The van der Waals surface area contributed by atoms with Crippen molar-refractivity contribution in [1.29, 1.82) is 0 Å². The number of carbonyl (C=O) groups excluding carboxylic acids is 1. The highest BCUT2D eigenvalue weighted by atomic mass is 16.5. The minimum Gasteiger partial charge on any atom is -0.492 e. The molecule has 1 aromatic heterocycles. The molecule has 0 aliphatic rings. The third-order valence-corrected chi connectivity index (χ3v) is 7.42. The third-order valence-electron chi connectivity index (χ3n) is 7.42. The number of benzene rings is 2. The van der Waals surface area contributed by atoms with Gasteiger partial charge in [0.25, 0.3) is 5.91 Å². The molecule has 0 spiro atoms. The molecule has 1 amide bonds. The predicted octanol–water partition coefficient (Wildman–Crippen LogP) is 3.92. The smallest absolute Gasteiger partial charge is 0.251 e. The summed E-state index contributed by atoms with van der Waals surface area (Å²) in [6, 6.07) is 14.7. The number of aliphatic hydroxyl groups is 1. The maximum absolute atomic E-state index is 12.6. The van der Waals surface area contributed by atoms with Crippen LogP contribution < -0.4 is 15.8 Å². The molecular formula is C36H45N5O3. The molecule has 4 N–H and O–H groups in total. The van der Waals surface area contributed by atoms with Crippen LogP contribution >= 0.6 is 0 Å². The molecule has 8 nitrogen and oxygen atoms in total. The fraction of sp³-hybridized carbons (Fsp3) is 0.389. The average molecular weight is 596 g/mol. The summed E-state index contributed by atoms with van der Waals surface area (Å²) >= 11 is 0. The molecule has 2 aromatic carbocycles. The van der Waals surface area contributed by atoms with Gasteiger partial charge in [0.15, 0.2) is 0 Å². The van der Waals surface area contributed by atoms with Crippen LogP contribution in [0, 0.1) is 30.6 Å². The number of pyridine rings is 1. The van der Waals surface area contributed by atoms with Gasteiger partial charge < -0.3 is 30.7 Å². The molecule has 0 radical (unpaired) electrons. The maximum Gasteiger partial charge on any atom is 0.251 e. The Labute approximate surface area is 262 Å². The van der Waals surface area contributed by atoms with E-state index in [9.17, 15) is 9.90 Å². The SMILES string of the molecule is CCN(CC)CCOc1ccc(C#Cc2ccnc(N)c2C#Cc2ccc(C(=O)NCC(O)CN(CC)CC)cc2)c(C)c1. The van der Waals surface area contributed by atoms with Crippen LogP contribution in [0.2, 0.25) is 0 Å². The van der Waals surface area contributed by atoms with Crippen molar-refractivity contribution in [3.05, 3.63) is 88.1 Å². The largest absolute Gasteiger partial charge is 0.492 e. The first-order valence-electron chi connectivity index (χ1n) is 15.3. The molecule has 1 heterocycles. The van der Waals surface area contributed by atoms with Gasteiger partial charge in [0, 0.05) is 48.1 Å². The quantitative estimate of drug-likeness (QED) is 0.257. The zero-order valence-electron chi connectivity index (χ0n) is 26.6. The second kappa shape index (κ2) is 17.7. The van der Waals surface area contributed by atoms with Crippen molar-refractivity contribution < 1.29 is 14.6 Å². The van der Waals surface area contributed by atoms with Gasteiger partial charge in [-0.3, -0.25) is 4.79 Å². The van der Waals surface area contributed by atoms with E-state index in [1.165, 1.54) is 0 Å². The summed E-state index contributed by atoms with van der Waals surface area (Å²) in [5.74, 6) is 13.6. The highest BCUT2D eigenvalue weighted by molar-refractivity contribution is 5.94. The number of aryl methyl sites for hydroxylation is 1. The van der Waals surface area contributed by atoms with E-state index in [2.05, 4.69) is 57.6 Å². The van der Waals surface area contributed by atoms with E-state index in [0.29, 0.717) is 35.7 Å². The molecule has 232 valence electrons. The van der Waals surface area contributed by atoms with Crippen LogP contribution in [0.25, 0.3) is 0 Å². The first-order chi connectivity index (χ1) is 21.3. The van der Waals surface area contributed by atoms with Gasteiger partial charge in [-0.15, -0.1) is 0 Å². The molecule has 1 unspecified atom stereocenters. The van der Waals surface area contributed by atoms with Gasteiger partial charge in [-0.1, -0.05) is 51.4 Å².